The Kier molecular flexibility index (Phi) is 7.43. The number of anilines is 1. The van der Waals surface area contributed by atoms with Crippen molar-refractivity contribution in [3.63, 3.8) is 0 Å². The maximum absolute atomic E-state index is 12.2. The fraction of sp³-hybridized carbons (Fsp3) is 0.130. The largest absolute Gasteiger partial charge is 0.495 e. The minimum atomic E-state index is -0.962. The van der Waals surface area contributed by atoms with Gasteiger partial charge in [0.15, 0.2) is 11.5 Å². The predicted molar refractivity (Wildman–Crippen MR) is 119 cm³/mol. The van der Waals surface area contributed by atoms with Gasteiger partial charge in [0.1, 0.15) is 5.75 Å². The first kappa shape index (κ1) is 23.1. The van der Waals surface area contributed by atoms with Gasteiger partial charge in [-0.1, -0.05) is 12.1 Å². The van der Waals surface area contributed by atoms with Gasteiger partial charge in [-0.05, 0) is 49.4 Å². The molecule has 3 aromatic rings. The van der Waals surface area contributed by atoms with Crippen LogP contribution in [0.2, 0.25) is 0 Å². The van der Waals surface area contributed by atoms with E-state index >= 15 is 0 Å². The van der Waals surface area contributed by atoms with E-state index in [1.165, 1.54) is 32.6 Å². The number of ether oxygens (including phenoxy) is 3. The lowest BCUT2D eigenvalue weighted by atomic mass is 10.1. The summed E-state index contributed by atoms with van der Waals surface area (Å²) in [5.74, 6) is -1.64. The summed E-state index contributed by atoms with van der Waals surface area (Å²) < 4.78 is 20.7. The van der Waals surface area contributed by atoms with E-state index in [1.807, 2.05) is 0 Å². The molecule has 0 atom stereocenters. The Hall–Kier alpha value is -4.60. The van der Waals surface area contributed by atoms with Crippen LogP contribution in [0.5, 0.6) is 17.2 Å². The summed E-state index contributed by atoms with van der Waals surface area (Å²) in [4.78, 5) is 36.4. The smallest absolute Gasteiger partial charge is 0.379 e. The normalized spacial score (nSPS) is 10.8. The van der Waals surface area contributed by atoms with E-state index < -0.39 is 17.8 Å². The first-order valence-corrected chi connectivity index (χ1v) is 9.65. The maximum atomic E-state index is 12.2. The van der Waals surface area contributed by atoms with Crippen LogP contribution in [0.25, 0.3) is 0 Å². The van der Waals surface area contributed by atoms with Crippen molar-refractivity contribution in [2.75, 3.05) is 19.5 Å². The van der Waals surface area contributed by atoms with Gasteiger partial charge >= 0.3 is 17.8 Å². The van der Waals surface area contributed by atoms with Crippen LogP contribution in [0.4, 0.5) is 5.69 Å². The molecule has 0 radical (unpaired) electrons. The van der Waals surface area contributed by atoms with E-state index in [4.69, 9.17) is 18.6 Å². The van der Waals surface area contributed by atoms with Crippen LogP contribution in [0, 0.1) is 0 Å². The van der Waals surface area contributed by atoms with Crippen LogP contribution in [0.15, 0.2) is 70.4 Å². The quantitative estimate of drug-likeness (QED) is 0.186. The molecule has 1 heterocycles. The predicted octanol–water partition coefficient (Wildman–Crippen LogP) is 2.99. The van der Waals surface area contributed by atoms with Gasteiger partial charge in [-0.25, -0.2) is 10.2 Å². The number of methoxy groups -OCH3 is 2. The maximum Gasteiger partial charge on any atom is 0.379 e. The van der Waals surface area contributed by atoms with Crippen molar-refractivity contribution < 1.29 is 33.0 Å². The standard InChI is InChI=1S/C23H21N3O7/c1-14(25-26-22(28)21(27)24-16-7-4-5-8-17(16)30-2)15-10-11-18(20(13-15)31-3)33-23(29)19-9-6-12-32-19/h4-13H,1-3H3,(H,24,27)(H,26,28)/b25-14+. The zero-order chi connectivity index (χ0) is 23.8. The van der Waals surface area contributed by atoms with E-state index in [1.54, 1.807) is 49.4 Å². The minimum Gasteiger partial charge on any atom is -0.495 e. The number of hydrogen-bond donors (Lipinski definition) is 2. The summed E-state index contributed by atoms with van der Waals surface area (Å²) in [6.45, 7) is 1.63. The van der Waals surface area contributed by atoms with Gasteiger partial charge in [-0.3, -0.25) is 9.59 Å². The van der Waals surface area contributed by atoms with Crippen LogP contribution in [0.1, 0.15) is 23.0 Å². The number of amides is 2. The van der Waals surface area contributed by atoms with Crippen molar-refractivity contribution in [2.45, 2.75) is 6.92 Å². The third-order valence-electron chi connectivity index (χ3n) is 4.39. The second kappa shape index (κ2) is 10.6. The molecule has 2 amide bonds. The summed E-state index contributed by atoms with van der Waals surface area (Å²) >= 11 is 0. The summed E-state index contributed by atoms with van der Waals surface area (Å²) in [7, 11) is 2.87. The van der Waals surface area contributed by atoms with Gasteiger partial charge in [0.2, 0.25) is 5.76 Å². The Labute approximate surface area is 189 Å². The van der Waals surface area contributed by atoms with Crippen molar-refractivity contribution in [1.82, 2.24) is 5.43 Å². The van der Waals surface area contributed by atoms with Crippen molar-refractivity contribution >= 4 is 29.2 Å². The third kappa shape index (κ3) is 5.76. The highest BCUT2D eigenvalue weighted by Gasteiger charge is 2.17. The van der Waals surface area contributed by atoms with Crippen molar-refractivity contribution in [1.29, 1.82) is 0 Å². The molecule has 1 aromatic heterocycles. The zero-order valence-electron chi connectivity index (χ0n) is 18.1. The van der Waals surface area contributed by atoms with Crippen LogP contribution in [0.3, 0.4) is 0 Å². The molecule has 170 valence electrons. The molecule has 33 heavy (non-hydrogen) atoms. The van der Waals surface area contributed by atoms with Gasteiger partial charge < -0.3 is 23.9 Å². The monoisotopic (exact) mass is 451 g/mol. The number of hydrogen-bond acceptors (Lipinski definition) is 8. The number of carbonyl (C=O) groups excluding carboxylic acids is 3. The lowest BCUT2D eigenvalue weighted by Gasteiger charge is -2.11. The topological polar surface area (TPSA) is 128 Å². The minimum absolute atomic E-state index is 0.0491. The lowest BCUT2D eigenvalue weighted by molar-refractivity contribution is -0.136. The number of carbonyl (C=O) groups is 3. The molecular formula is C23H21N3O7. The summed E-state index contributed by atoms with van der Waals surface area (Å²) in [6.07, 6.45) is 1.36. The Morgan fingerprint density at radius 1 is 0.879 bits per heavy atom. The van der Waals surface area contributed by atoms with Gasteiger partial charge in [-0.2, -0.15) is 5.10 Å². The number of hydrazone groups is 1. The van der Waals surface area contributed by atoms with E-state index in [0.29, 0.717) is 22.7 Å². The fourth-order valence-electron chi connectivity index (χ4n) is 2.70. The summed E-state index contributed by atoms with van der Waals surface area (Å²) in [6, 6.07) is 14.4. The number of esters is 1. The molecule has 0 aliphatic carbocycles. The molecule has 2 aromatic carbocycles. The number of benzene rings is 2. The van der Waals surface area contributed by atoms with Crippen LogP contribution >= 0.6 is 0 Å². The first-order valence-electron chi connectivity index (χ1n) is 9.65. The Bertz CT molecular complexity index is 1190. The van der Waals surface area contributed by atoms with Crippen molar-refractivity contribution in [2.24, 2.45) is 5.10 Å². The second-order valence-corrected chi connectivity index (χ2v) is 6.53. The van der Waals surface area contributed by atoms with E-state index in [9.17, 15) is 14.4 Å². The van der Waals surface area contributed by atoms with Crippen molar-refractivity contribution in [3.05, 3.63) is 72.2 Å². The van der Waals surface area contributed by atoms with E-state index in [-0.39, 0.29) is 17.3 Å². The Morgan fingerprint density at radius 3 is 2.33 bits per heavy atom. The number of nitrogens with zero attached hydrogens (tertiary/aromatic N) is 1. The molecule has 0 bridgehead atoms. The molecule has 0 saturated heterocycles. The molecule has 10 nitrogen and oxygen atoms in total. The number of para-hydroxylation sites is 2. The molecule has 0 unspecified atom stereocenters. The molecule has 0 aliphatic heterocycles. The highest BCUT2D eigenvalue weighted by Crippen LogP contribution is 2.29. The number of nitrogens with one attached hydrogen (secondary N) is 2. The van der Waals surface area contributed by atoms with E-state index in [0.717, 1.165) is 0 Å². The average molecular weight is 451 g/mol. The molecule has 10 heteroatoms. The Morgan fingerprint density at radius 2 is 1.64 bits per heavy atom. The van der Waals surface area contributed by atoms with Gasteiger partial charge in [0.25, 0.3) is 0 Å². The van der Waals surface area contributed by atoms with Crippen LogP contribution in [-0.4, -0.2) is 37.7 Å². The molecule has 0 saturated carbocycles. The average Bonchev–Trinajstić information content (AvgIpc) is 3.38. The Balaban J connectivity index is 1.66. The number of furan rings is 1. The highest BCUT2D eigenvalue weighted by atomic mass is 16.6. The van der Waals surface area contributed by atoms with Crippen LogP contribution < -0.4 is 25.0 Å². The molecule has 3 rings (SSSR count). The number of rotatable bonds is 7. The zero-order valence-corrected chi connectivity index (χ0v) is 18.1. The highest BCUT2D eigenvalue weighted by molar-refractivity contribution is 6.39. The van der Waals surface area contributed by atoms with E-state index in [2.05, 4.69) is 15.8 Å². The van der Waals surface area contributed by atoms with Crippen molar-refractivity contribution in [3.8, 4) is 17.2 Å². The van der Waals surface area contributed by atoms with Gasteiger partial charge in [0, 0.05) is 5.56 Å². The molecule has 0 spiro atoms. The van der Waals surface area contributed by atoms with Gasteiger partial charge in [0.05, 0.1) is 31.9 Å². The molecule has 2 N–H and O–H groups in total. The molecule has 0 fully saturated rings. The van der Waals surface area contributed by atoms with Gasteiger partial charge in [-0.15, -0.1) is 0 Å². The first-order chi connectivity index (χ1) is 15.9. The fourth-order valence-corrected chi connectivity index (χ4v) is 2.70. The summed E-state index contributed by atoms with van der Waals surface area (Å²) in [5.41, 5.74) is 3.50. The summed E-state index contributed by atoms with van der Waals surface area (Å²) in [5, 5.41) is 6.41. The second-order valence-electron chi connectivity index (χ2n) is 6.53. The van der Waals surface area contributed by atoms with Crippen LogP contribution in [-0.2, 0) is 9.59 Å². The lowest BCUT2D eigenvalue weighted by Crippen LogP contribution is -2.33. The molecule has 0 aliphatic rings. The third-order valence-corrected chi connectivity index (χ3v) is 4.39. The molecular weight excluding hydrogens is 430 g/mol. The SMILES string of the molecule is COc1ccccc1NC(=O)C(=O)N/N=C(\C)c1ccc(OC(=O)c2ccco2)c(OC)c1.